The molecule has 0 aliphatic carbocycles. The van der Waals surface area contributed by atoms with Crippen molar-refractivity contribution in [1.82, 2.24) is 4.98 Å². The minimum atomic E-state index is -0.793. The number of hydrogen-bond acceptors (Lipinski definition) is 7. The molecule has 1 unspecified atom stereocenters. The molecule has 1 aliphatic heterocycles. The number of Topliss-reactive ketones (excluding diaryl/α,β-unsaturated/α-hetero) is 1. The largest absolute Gasteiger partial charge is 0.507 e. The summed E-state index contributed by atoms with van der Waals surface area (Å²) in [6, 6.07) is 13.4. The molecule has 1 saturated heterocycles. The van der Waals surface area contributed by atoms with Crippen molar-refractivity contribution in [3.63, 3.8) is 0 Å². The zero-order chi connectivity index (χ0) is 24.9. The molecule has 2 aromatic carbocycles. The quantitative estimate of drug-likeness (QED) is 0.178. The molecular formula is C26H21ClN2O4S2. The summed E-state index contributed by atoms with van der Waals surface area (Å²) in [6.07, 6.45) is 0.00563. The van der Waals surface area contributed by atoms with Crippen LogP contribution in [0.3, 0.4) is 0 Å². The number of benzene rings is 2. The zero-order valence-corrected chi connectivity index (χ0v) is 21.5. The van der Waals surface area contributed by atoms with E-state index < -0.39 is 17.7 Å². The van der Waals surface area contributed by atoms with E-state index in [2.05, 4.69) is 4.98 Å². The molecule has 1 N–H and O–H groups in total. The molecule has 1 aliphatic rings. The van der Waals surface area contributed by atoms with Gasteiger partial charge in [0.1, 0.15) is 17.6 Å². The molecule has 5 rings (SSSR count). The lowest BCUT2D eigenvalue weighted by Gasteiger charge is -2.21. The van der Waals surface area contributed by atoms with Gasteiger partial charge in [0.2, 0.25) is 0 Å². The predicted molar refractivity (Wildman–Crippen MR) is 141 cm³/mol. The number of fused-ring (bicyclic) bond motifs is 1. The molecule has 9 heteroatoms. The summed E-state index contributed by atoms with van der Waals surface area (Å²) >= 11 is 8.98. The van der Waals surface area contributed by atoms with Crippen LogP contribution < -0.4 is 9.64 Å². The fourth-order valence-corrected chi connectivity index (χ4v) is 6.06. The Bertz CT molecular complexity index is 1430. The molecule has 35 heavy (non-hydrogen) atoms. The van der Waals surface area contributed by atoms with Gasteiger partial charge in [0, 0.05) is 15.5 Å². The first-order valence-corrected chi connectivity index (χ1v) is 13.0. The van der Waals surface area contributed by atoms with Gasteiger partial charge in [-0.1, -0.05) is 29.0 Å². The number of aliphatic hydroxyl groups excluding tert-OH is 1. The summed E-state index contributed by atoms with van der Waals surface area (Å²) in [5.74, 6) is -1.07. The molecule has 1 atom stereocenters. The Morgan fingerprint density at radius 3 is 2.57 bits per heavy atom. The van der Waals surface area contributed by atoms with Gasteiger partial charge in [-0.2, -0.15) is 0 Å². The number of hydrogen-bond donors (Lipinski definition) is 1. The number of amides is 1. The predicted octanol–water partition coefficient (Wildman–Crippen LogP) is 6.73. The second-order valence-electron chi connectivity index (χ2n) is 8.44. The lowest BCUT2D eigenvalue weighted by atomic mass is 10.00. The van der Waals surface area contributed by atoms with Gasteiger partial charge in [0.25, 0.3) is 5.78 Å². The smallest absolute Gasteiger partial charge is 0.301 e. The first kappa shape index (κ1) is 23.5. The van der Waals surface area contributed by atoms with E-state index in [-0.39, 0.29) is 17.4 Å². The van der Waals surface area contributed by atoms with Gasteiger partial charge in [0.15, 0.2) is 5.13 Å². The molecule has 1 fully saturated rings. The number of anilines is 1. The van der Waals surface area contributed by atoms with Crippen LogP contribution in [0.4, 0.5) is 5.13 Å². The van der Waals surface area contributed by atoms with Crippen LogP contribution in [0.1, 0.15) is 35.9 Å². The van der Waals surface area contributed by atoms with Crippen molar-refractivity contribution < 1.29 is 19.4 Å². The number of carbonyl (C=O) groups excluding carboxylic acids is 2. The SMILES string of the molecule is Cc1cc2sc(N3C(=O)C(=O)/C(=C(/O)c4ccc(OC(C)C)cc4)C3c3cccs3)nc2cc1Cl. The third-order valence-corrected chi connectivity index (χ3v) is 7.97. The number of halogens is 1. The van der Waals surface area contributed by atoms with Crippen molar-refractivity contribution >= 4 is 67.1 Å². The molecule has 1 amide bonds. The number of ether oxygens (including phenoxy) is 1. The Balaban J connectivity index is 1.64. The van der Waals surface area contributed by atoms with Crippen LogP contribution in [0.2, 0.25) is 5.02 Å². The van der Waals surface area contributed by atoms with Crippen molar-refractivity contribution in [2.75, 3.05) is 4.90 Å². The summed E-state index contributed by atoms with van der Waals surface area (Å²) in [5.41, 5.74) is 2.00. The molecular weight excluding hydrogens is 504 g/mol. The van der Waals surface area contributed by atoms with Crippen molar-refractivity contribution in [2.24, 2.45) is 0 Å². The fraction of sp³-hybridized carbons (Fsp3) is 0.192. The maximum Gasteiger partial charge on any atom is 0.301 e. The normalized spacial score (nSPS) is 17.6. The molecule has 6 nitrogen and oxygen atoms in total. The van der Waals surface area contributed by atoms with Crippen molar-refractivity contribution in [3.8, 4) is 5.75 Å². The van der Waals surface area contributed by atoms with E-state index in [9.17, 15) is 14.7 Å². The number of ketones is 1. The summed E-state index contributed by atoms with van der Waals surface area (Å²) in [6.45, 7) is 5.75. The van der Waals surface area contributed by atoms with E-state index >= 15 is 0 Å². The summed E-state index contributed by atoms with van der Waals surface area (Å²) in [5, 5.41) is 14.1. The summed E-state index contributed by atoms with van der Waals surface area (Å²) in [4.78, 5) is 33.3. The monoisotopic (exact) mass is 524 g/mol. The van der Waals surface area contributed by atoms with E-state index in [4.69, 9.17) is 16.3 Å². The Morgan fingerprint density at radius 2 is 1.91 bits per heavy atom. The minimum absolute atomic E-state index is 0.00563. The third-order valence-electron chi connectivity index (χ3n) is 5.62. The average Bonchev–Trinajstić information content (AvgIpc) is 3.53. The average molecular weight is 525 g/mol. The van der Waals surface area contributed by atoms with Crippen LogP contribution in [-0.2, 0) is 9.59 Å². The zero-order valence-electron chi connectivity index (χ0n) is 19.1. The molecule has 2 aromatic heterocycles. The maximum atomic E-state index is 13.3. The Morgan fingerprint density at radius 1 is 1.17 bits per heavy atom. The molecule has 0 spiro atoms. The Kier molecular flexibility index (Phi) is 6.13. The summed E-state index contributed by atoms with van der Waals surface area (Å²) in [7, 11) is 0. The number of aryl methyl sites for hydroxylation is 1. The number of thiophene rings is 1. The summed E-state index contributed by atoms with van der Waals surface area (Å²) < 4.78 is 6.53. The van der Waals surface area contributed by atoms with Gasteiger partial charge < -0.3 is 9.84 Å². The van der Waals surface area contributed by atoms with Crippen molar-refractivity contribution in [1.29, 1.82) is 0 Å². The molecule has 0 bridgehead atoms. The van der Waals surface area contributed by atoms with E-state index in [0.717, 1.165) is 15.1 Å². The fourth-order valence-electron chi connectivity index (χ4n) is 4.01. The highest BCUT2D eigenvalue weighted by atomic mass is 35.5. The van der Waals surface area contributed by atoms with Crippen LogP contribution in [-0.4, -0.2) is 27.9 Å². The van der Waals surface area contributed by atoms with Crippen LogP contribution in [0.25, 0.3) is 16.0 Å². The van der Waals surface area contributed by atoms with Gasteiger partial charge in [-0.25, -0.2) is 4.98 Å². The van der Waals surface area contributed by atoms with Gasteiger partial charge in [0.05, 0.1) is 21.9 Å². The van der Waals surface area contributed by atoms with Gasteiger partial charge in [-0.15, -0.1) is 11.3 Å². The number of aliphatic hydroxyl groups is 1. The highest BCUT2D eigenvalue weighted by Gasteiger charge is 2.48. The van der Waals surface area contributed by atoms with Crippen molar-refractivity contribution in [2.45, 2.75) is 32.9 Å². The first-order valence-electron chi connectivity index (χ1n) is 10.9. The van der Waals surface area contributed by atoms with Gasteiger partial charge >= 0.3 is 5.91 Å². The van der Waals surface area contributed by atoms with Crippen LogP contribution in [0.15, 0.2) is 59.5 Å². The molecule has 3 heterocycles. The van der Waals surface area contributed by atoms with E-state index in [1.54, 1.807) is 30.3 Å². The Hall–Kier alpha value is -3.20. The molecule has 178 valence electrons. The number of carbonyl (C=O) groups is 2. The number of aromatic nitrogens is 1. The standard InChI is InChI=1S/C26H21ClN2O4S2/c1-13(2)33-16-8-6-15(7-9-16)23(30)21-22(19-5-4-10-34-19)29(25(32)24(21)31)26-28-18-12-17(27)14(3)11-20(18)35-26/h4-13,22,30H,1-3H3/b23-21+. The van der Waals surface area contributed by atoms with Gasteiger partial charge in [-0.05, 0) is 74.2 Å². The number of rotatable bonds is 5. The van der Waals surface area contributed by atoms with Crippen LogP contribution >= 0.6 is 34.3 Å². The molecule has 0 saturated carbocycles. The second kappa shape index (κ2) is 9.11. The van der Waals surface area contributed by atoms with Crippen LogP contribution in [0, 0.1) is 6.92 Å². The highest BCUT2D eigenvalue weighted by molar-refractivity contribution is 7.22. The minimum Gasteiger partial charge on any atom is -0.507 e. The van der Waals surface area contributed by atoms with Gasteiger partial charge in [-0.3, -0.25) is 14.5 Å². The number of nitrogens with zero attached hydrogens (tertiary/aromatic N) is 2. The van der Waals surface area contributed by atoms with E-state index in [0.29, 0.717) is 27.0 Å². The number of thiazole rings is 1. The topological polar surface area (TPSA) is 79.7 Å². The highest BCUT2D eigenvalue weighted by Crippen LogP contribution is 2.45. The lowest BCUT2D eigenvalue weighted by molar-refractivity contribution is -0.132. The molecule has 4 aromatic rings. The second-order valence-corrected chi connectivity index (χ2v) is 10.8. The van der Waals surface area contributed by atoms with E-state index in [1.807, 2.05) is 44.4 Å². The first-order chi connectivity index (χ1) is 16.7. The van der Waals surface area contributed by atoms with Crippen LogP contribution in [0.5, 0.6) is 5.75 Å². The Labute approximate surface area is 215 Å². The van der Waals surface area contributed by atoms with Crippen molar-refractivity contribution in [3.05, 3.63) is 80.5 Å². The molecule has 0 radical (unpaired) electrons. The maximum absolute atomic E-state index is 13.3. The third kappa shape index (κ3) is 4.22. The van der Waals surface area contributed by atoms with E-state index in [1.165, 1.54) is 27.6 Å². The lowest BCUT2D eigenvalue weighted by Crippen LogP contribution is -2.28.